The van der Waals surface area contributed by atoms with Crippen molar-refractivity contribution in [2.45, 2.75) is 6.54 Å². The zero-order valence-electron chi connectivity index (χ0n) is 12.0. The first-order valence-electron chi connectivity index (χ1n) is 6.93. The molecule has 1 aliphatic rings. The van der Waals surface area contributed by atoms with Crippen molar-refractivity contribution in [3.8, 4) is 6.01 Å². The van der Waals surface area contributed by atoms with Crippen LogP contribution in [0.2, 0.25) is 0 Å². The third kappa shape index (κ3) is 3.43. The Kier molecular flexibility index (Phi) is 4.20. The SMILES string of the molecule is COc1ncc(CN2CCN(c3cnccn3)CC2)cn1. The van der Waals surface area contributed by atoms with Crippen molar-refractivity contribution >= 4 is 5.82 Å². The van der Waals surface area contributed by atoms with Gasteiger partial charge in [-0.25, -0.2) is 15.0 Å². The van der Waals surface area contributed by atoms with Gasteiger partial charge >= 0.3 is 6.01 Å². The summed E-state index contributed by atoms with van der Waals surface area (Å²) in [7, 11) is 1.57. The Balaban J connectivity index is 1.53. The Hall–Kier alpha value is -2.28. The predicted molar refractivity (Wildman–Crippen MR) is 78.1 cm³/mol. The number of hydrogen-bond acceptors (Lipinski definition) is 7. The smallest absolute Gasteiger partial charge is 0.316 e. The number of nitrogens with zero attached hydrogens (tertiary/aromatic N) is 6. The molecule has 0 atom stereocenters. The lowest BCUT2D eigenvalue weighted by molar-refractivity contribution is 0.248. The van der Waals surface area contributed by atoms with Crippen LogP contribution in [0.15, 0.2) is 31.0 Å². The monoisotopic (exact) mass is 286 g/mol. The molecule has 21 heavy (non-hydrogen) atoms. The molecule has 1 aliphatic heterocycles. The molecular formula is C14H18N6O. The van der Waals surface area contributed by atoms with Gasteiger partial charge in [0.15, 0.2) is 0 Å². The van der Waals surface area contributed by atoms with E-state index in [0.717, 1.165) is 44.1 Å². The first-order chi connectivity index (χ1) is 10.3. The van der Waals surface area contributed by atoms with E-state index in [0.29, 0.717) is 6.01 Å². The van der Waals surface area contributed by atoms with E-state index in [1.165, 1.54) is 0 Å². The minimum atomic E-state index is 0.409. The molecule has 0 spiro atoms. The van der Waals surface area contributed by atoms with Crippen LogP contribution in [0.4, 0.5) is 5.82 Å². The number of anilines is 1. The molecule has 1 saturated heterocycles. The fourth-order valence-electron chi connectivity index (χ4n) is 2.38. The summed E-state index contributed by atoms with van der Waals surface area (Å²) in [5.41, 5.74) is 1.10. The molecule has 2 aromatic rings. The molecule has 0 aliphatic carbocycles. The minimum absolute atomic E-state index is 0.409. The van der Waals surface area contributed by atoms with Gasteiger partial charge in [0.05, 0.1) is 13.3 Å². The summed E-state index contributed by atoms with van der Waals surface area (Å²) in [6, 6.07) is 0.409. The third-order valence-electron chi connectivity index (χ3n) is 3.52. The number of ether oxygens (including phenoxy) is 1. The van der Waals surface area contributed by atoms with Gasteiger partial charge in [0.25, 0.3) is 0 Å². The molecule has 0 bridgehead atoms. The van der Waals surface area contributed by atoms with Gasteiger partial charge in [-0.2, -0.15) is 0 Å². The molecule has 7 nitrogen and oxygen atoms in total. The number of methoxy groups -OCH3 is 1. The van der Waals surface area contributed by atoms with Gasteiger partial charge in [0.2, 0.25) is 0 Å². The highest BCUT2D eigenvalue weighted by atomic mass is 16.5. The van der Waals surface area contributed by atoms with Gasteiger partial charge in [-0.1, -0.05) is 0 Å². The lowest BCUT2D eigenvalue weighted by atomic mass is 10.2. The zero-order valence-corrected chi connectivity index (χ0v) is 12.0. The van der Waals surface area contributed by atoms with Gasteiger partial charge in [0.1, 0.15) is 5.82 Å². The van der Waals surface area contributed by atoms with E-state index in [2.05, 4.69) is 29.7 Å². The van der Waals surface area contributed by atoms with Crippen LogP contribution >= 0.6 is 0 Å². The van der Waals surface area contributed by atoms with E-state index >= 15 is 0 Å². The van der Waals surface area contributed by atoms with Gasteiger partial charge < -0.3 is 9.64 Å². The standard InChI is InChI=1S/C14H18N6O/c1-21-14-17-8-12(9-18-14)11-19-4-6-20(7-5-19)13-10-15-2-3-16-13/h2-3,8-10H,4-7,11H2,1H3. The van der Waals surface area contributed by atoms with Crippen molar-refractivity contribution in [2.75, 3.05) is 38.2 Å². The van der Waals surface area contributed by atoms with Crippen molar-refractivity contribution < 1.29 is 4.74 Å². The molecule has 3 heterocycles. The minimum Gasteiger partial charge on any atom is -0.467 e. The predicted octanol–water partition coefficient (Wildman–Crippen LogP) is 0.597. The molecule has 0 unspecified atom stereocenters. The second-order valence-corrected chi connectivity index (χ2v) is 4.90. The first-order valence-corrected chi connectivity index (χ1v) is 6.93. The molecule has 0 radical (unpaired) electrons. The van der Waals surface area contributed by atoms with Crippen molar-refractivity contribution in [1.29, 1.82) is 0 Å². The Morgan fingerprint density at radius 2 is 1.76 bits per heavy atom. The van der Waals surface area contributed by atoms with Crippen LogP contribution in [0.5, 0.6) is 6.01 Å². The van der Waals surface area contributed by atoms with Crippen LogP contribution in [0, 0.1) is 0 Å². The second-order valence-electron chi connectivity index (χ2n) is 4.90. The Morgan fingerprint density at radius 3 is 2.38 bits per heavy atom. The maximum absolute atomic E-state index is 4.97. The van der Waals surface area contributed by atoms with Crippen LogP contribution in [0.25, 0.3) is 0 Å². The van der Waals surface area contributed by atoms with E-state index < -0.39 is 0 Å². The molecule has 0 aromatic carbocycles. The lowest BCUT2D eigenvalue weighted by Crippen LogP contribution is -2.46. The van der Waals surface area contributed by atoms with E-state index in [9.17, 15) is 0 Å². The largest absolute Gasteiger partial charge is 0.467 e. The molecule has 3 rings (SSSR count). The molecule has 0 N–H and O–H groups in total. The topological polar surface area (TPSA) is 67.3 Å². The summed E-state index contributed by atoms with van der Waals surface area (Å²) in [6.07, 6.45) is 8.88. The molecule has 1 fully saturated rings. The zero-order chi connectivity index (χ0) is 14.5. The summed E-state index contributed by atoms with van der Waals surface area (Å²) in [6.45, 7) is 4.74. The third-order valence-corrected chi connectivity index (χ3v) is 3.52. The maximum atomic E-state index is 4.97. The lowest BCUT2D eigenvalue weighted by Gasteiger charge is -2.35. The Morgan fingerprint density at radius 1 is 1.00 bits per heavy atom. The van der Waals surface area contributed by atoms with E-state index in [1.54, 1.807) is 19.5 Å². The van der Waals surface area contributed by atoms with Crippen molar-refractivity contribution in [3.05, 3.63) is 36.5 Å². The highest BCUT2D eigenvalue weighted by Gasteiger charge is 2.18. The number of aromatic nitrogens is 4. The quantitative estimate of drug-likeness (QED) is 0.815. The van der Waals surface area contributed by atoms with Crippen LogP contribution in [0.3, 0.4) is 0 Å². The number of hydrogen-bond donors (Lipinski definition) is 0. The van der Waals surface area contributed by atoms with E-state index in [4.69, 9.17) is 4.74 Å². The normalized spacial score (nSPS) is 16.0. The summed E-state index contributed by atoms with van der Waals surface area (Å²) in [4.78, 5) is 21.4. The fourth-order valence-corrected chi connectivity index (χ4v) is 2.38. The van der Waals surface area contributed by atoms with Crippen LogP contribution in [-0.4, -0.2) is 58.1 Å². The molecule has 2 aromatic heterocycles. The first kappa shape index (κ1) is 13.7. The number of piperazine rings is 1. The highest BCUT2D eigenvalue weighted by molar-refractivity contribution is 5.35. The van der Waals surface area contributed by atoms with Crippen LogP contribution < -0.4 is 9.64 Å². The number of rotatable bonds is 4. The summed E-state index contributed by atoms with van der Waals surface area (Å²) < 4.78 is 4.97. The molecule has 7 heteroatoms. The molecule has 0 saturated carbocycles. The van der Waals surface area contributed by atoms with Gasteiger partial charge in [-0.3, -0.25) is 9.88 Å². The highest BCUT2D eigenvalue weighted by Crippen LogP contribution is 2.13. The maximum Gasteiger partial charge on any atom is 0.316 e. The van der Waals surface area contributed by atoms with Gasteiger partial charge in [0, 0.05) is 63.1 Å². The Bertz CT molecular complexity index is 553. The van der Waals surface area contributed by atoms with Crippen LogP contribution in [-0.2, 0) is 6.54 Å². The van der Waals surface area contributed by atoms with Crippen molar-refractivity contribution in [3.63, 3.8) is 0 Å². The van der Waals surface area contributed by atoms with Gasteiger partial charge in [-0.15, -0.1) is 0 Å². The summed E-state index contributed by atoms with van der Waals surface area (Å²) >= 11 is 0. The fraction of sp³-hybridized carbons (Fsp3) is 0.429. The summed E-state index contributed by atoms with van der Waals surface area (Å²) in [5.74, 6) is 0.949. The average molecular weight is 286 g/mol. The van der Waals surface area contributed by atoms with Crippen molar-refractivity contribution in [2.24, 2.45) is 0 Å². The average Bonchev–Trinajstić information content (AvgIpc) is 2.57. The molecule has 110 valence electrons. The molecule has 0 amide bonds. The second kappa shape index (κ2) is 6.45. The molecular weight excluding hydrogens is 268 g/mol. The summed E-state index contributed by atoms with van der Waals surface area (Å²) in [5, 5.41) is 0. The Labute approximate surface area is 123 Å². The van der Waals surface area contributed by atoms with E-state index in [1.807, 2.05) is 18.6 Å². The van der Waals surface area contributed by atoms with Crippen LogP contribution in [0.1, 0.15) is 5.56 Å². The van der Waals surface area contributed by atoms with Gasteiger partial charge in [-0.05, 0) is 0 Å². The van der Waals surface area contributed by atoms with Crippen molar-refractivity contribution in [1.82, 2.24) is 24.8 Å². The van der Waals surface area contributed by atoms with E-state index in [-0.39, 0.29) is 0 Å².